The first kappa shape index (κ1) is 15.0. The van der Waals surface area contributed by atoms with Crippen molar-refractivity contribution in [2.45, 2.75) is 0 Å². The van der Waals surface area contributed by atoms with Crippen LogP contribution in [0.4, 0.5) is 0 Å². The molecular weight excluding hydrogens is 364 g/mol. The number of amides is 1. The van der Waals surface area contributed by atoms with E-state index in [4.69, 9.17) is 12.2 Å². The number of thiazole rings is 1. The third kappa shape index (κ3) is 2.74. The van der Waals surface area contributed by atoms with E-state index in [2.05, 4.69) is 23.2 Å². The van der Waals surface area contributed by atoms with Gasteiger partial charge in [0.1, 0.15) is 14.2 Å². The highest BCUT2D eigenvalue weighted by Gasteiger charge is 2.29. The molecule has 0 spiro atoms. The Morgan fingerprint density at radius 3 is 2.65 bits per heavy atom. The first-order valence-electron chi connectivity index (χ1n) is 6.79. The molecule has 1 saturated heterocycles. The van der Waals surface area contributed by atoms with Crippen molar-refractivity contribution in [3.8, 4) is 10.4 Å². The molecule has 114 valence electrons. The molecule has 0 N–H and O–H groups in total. The molecule has 0 saturated carbocycles. The number of thiocarbonyl (C=S) groups is 1. The van der Waals surface area contributed by atoms with E-state index in [9.17, 15) is 4.79 Å². The van der Waals surface area contributed by atoms with Crippen LogP contribution in [-0.2, 0) is 4.79 Å². The molecular formula is C16H10N2OS4. The van der Waals surface area contributed by atoms with Gasteiger partial charge in [-0.1, -0.05) is 54.3 Å². The number of aromatic nitrogens is 1. The number of benzene rings is 1. The fourth-order valence-corrected chi connectivity index (χ4v) is 5.62. The highest BCUT2D eigenvalue weighted by molar-refractivity contribution is 8.26. The fourth-order valence-electron chi connectivity index (χ4n) is 2.22. The molecule has 3 heterocycles. The molecule has 1 aliphatic rings. The van der Waals surface area contributed by atoms with Gasteiger partial charge in [-0.2, -0.15) is 0 Å². The van der Waals surface area contributed by atoms with Crippen molar-refractivity contribution < 1.29 is 4.79 Å². The molecule has 0 radical (unpaired) electrons. The number of thioether (sulfide) groups is 1. The number of rotatable bonds is 2. The van der Waals surface area contributed by atoms with Crippen LogP contribution in [0.3, 0.4) is 0 Å². The van der Waals surface area contributed by atoms with E-state index in [1.807, 2.05) is 24.3 Å². The molecule has 4 rings (SSSR count). The van der Waals surface area contributed by atoms with Gasteiger partial charge in [0, 0.05) is 11.9 Å². The van der Waals surface area contributed by atoms with Crippen molar-refractivity contribution in [2.75, 3.05) is 7.05 Å². The summed E-state index contributed by atoms with van der Waals surface area (Å²) in [5.74, 6) is -0.0523. The maximum absolute atomic E-state index is 12.0. The van der Waals surface area contributed by atoms with Gasteiger partial charge in [-0.25, -0.2) is 4.98 Å². The van der Waals surface area contributed by atoms with Gasteiger partial charge < -0.3 is 0 Å². The number of hydrogen-bond donors (Lipinski definition) is 0. The summed E-state index contributed by atoms with van der Waals surface area (Å²) in [7, 11) is 1.70. The van der Waals surface area contributed by atoms with Gasteiger partial charge in [-0.3, -0.25) is 9.69 Å². The molecule has 0 atom stereocenters. The lowest BCUT2D eigenvalue weighted by Gasteiger charge is -2.03. The normalized spacial score (nSPS) is 16.9. The minimum absolute atomic E-state index is 0.0523. The molecule has 0 bridgehead atoms. The Morgan fingerprint density at radius 1 is 1.22 bits per heavy atom. The zero-order valence-corrected chi connectivity index (χ0v) is 15.2. The van der Waals surface area contributed by atoms with Crippen LogP contribution in [0.15, 0.2) is 41.3 Å². The van der Waals surface area contributed by atoms with Crippen molar-refractivity contribution in [1.29, 1.82) is 0 Å². The third-order valence-corrected chi connectivity index (χ3v) is 7.05. The molecule has 0 unspecified atom stereocenters. The van der Waals surface area contributed by atoms with Gasteiger partial charge in [-0.05, 0) is 17.7 Å². The maximum atomic E-state index is 12.0. The van der Waals surface area contributed by atoms with Crippen molar-refractivity contribution in [2.24, 2.45) is 0 Å². The molecule has 3 nitrogen and oxygen atoms in total. The van der Waals surface area contributed by atoms with E-state index in [1.165, 1.54) is 27.1 Å². The molecule has 1 aromatic carbocycles. The number of thiophene rings is 1. The van der Waals surface area contributed by atoms with Gasteiger partial charge in [0.2, 0.25) is 0 Å². The predicted octanol–water partition coefficient (Wildman–Crippen LogP) is 4.86. The van der Waals surface area contributed by atoms with Crippen LogP contribution in [0.2, 0.25) is 0 Å². The smallest absolute Gasteiger partial charge is 0.266 e. The van der Waals surface area contributed by atoms with Crippen LogP contribution in [0, 0.1) is 0 Å². The Bertz CT molecular complexity index is 924. The van der Waals surface area contributed by atoms with Gasteiger partial charge in [0.15, 0.2) is 0 Å². The quantitative estimate of drug-likeness (QED) is 0.474. The lowest BCUT2D eigenvalue weighted by Crippen LogP contribution is -2.22. The summed E-state index contributed by atoms with van der Waals surface area (Å²) < 4.78 is 1.73. The van der Waals surface area contributed by atoms with Crippen molar-refractivity contribution >= 4 is 72.5 Å². The topological polar surface area (TPSA) is 33.2 Å². The predicted molar refractivity (Wildman–Crippen MR) is 104 cm³/mol. The molecule has 1 fully saturated rings. The molecule has 1 aliphatic heterocycles. The van der Waals surface area contributed by atoms with Crippen LogP contribution in [-0.4, -0.2) is 27.2 Å². The molecule has 0 aliphatic carbocycles. The second-order valence-corrected chi connectivity index (χ2v) is 8.71. The molecule has 23 heavy (non-hydrogen) atoms. The summed E-state index contributed by atoms with van der Waals surface area (Å²) in [4.78, 5) is 21.0. The van der Waals surface area contributed by atoms with E-state index in [1.54, 1.807) is 29.7 Å². The van der Waals surface area contributed by atoms with Gasteiger partial charge in [0.25, 0.3) is 5.91 Å². The van der Waals surface area contributed by atoms with E-state index < -0.39 is 0 Å². The van der Waals surface area contributed by atoms with Gasteiger partial charge in [0.05, 0.1) is 9.61 Å². The summed E-state index contributed by atoms with van der Waals surface area (Å²) in [6, 6.07) is 12.4. The Labute approximate surface area is 150 Å². The monoisotopic (exact) mass is 374 g/mol. The number of hydrogen-bond acceptors (Lipinski definition) is 6. The van der Waals surface area contributed by atoms with Crippen LogP contribution < -0.4 is 0 Å². The number of carbonyl (C=O) groups is 1. The highest BCUT2D eigenvalue weighted by atomic mass is 32.2. The van der Waals surface area contributed by atoms with E-state index >= 15 is 0 Å². The standard InChI is InChI=1S/C16H10N2OS4/c1-18-15(19)12(23-16(18)20)8-13-17-14-11(21-13)7-10(22-14)9-5-3-2-4-6-9/h2-8H,1H3/b12-8+. The van der Waals surface area contributed by atoms with Gasteiger partial charge >= 0.3 is 0 Å². The average Bonchev–Trinajstić information content (AvgIpc) is 3.17. The van der Waals surface area contributed by atoms with E-state index in [0.29, 0.717) is 9.23 Å². The second kappa shape index (κ2) is 5.83. The summed E-state index contributed by atoms with van der Waals surface area (Å²) >= 11 is 9.74. The Kier molecular flexibility index (Phi) is 3.81. The summed E-state index contributed by atoms with van der Waals surface area (Å²) in [6.07, 6.45) is 1.84. The molecule has 3 aromatic rings. The first-order chi connectivity index (χ1) is 11.1. The van der Waals surface area contributed by atoms with Crippen LogP contribution >= 0.6 is 46.7 Å². The Hall–Kier alpha value is -1.54. The lowest BCUT2D eigenvalue weighted by atomic mass is 10.2. The third-order valence-electron chi connectivity index (χ3n) is 3.41. The number of likely N-dealkylation sites (N-methyl/N-ethyl adjacent to an activating group) is 1. The molecule has 7 heteroatoms. The van der Waals surface area contributed by atoms with Crippen LogP contribution in [0.1, 0.15) is 5.01 Å². The fraction of sp³-hybridized carbons (Fsp3) is 0.0625. The Morgan fingerprint density at radius 2 is 2.00 bits per heavy atom. The summed E-state index contributed by atoms with van der Waals surface area (Å²) in [5.41, 5.74) is 1.20. The minimum atomic E-state index is -0.0523. The number of nitrogens with zero attached hydrogens (tertiary/aromatic N) is 2. The van der Waals surface area contributed by atoms with Crippen LogP contribution in [0.5, 0.6) is 0 Å². The SMILES string of the molecule is CN1C(=O)/C(=C\c2nc3sc(-c4ccccc4)cc3s2)SC1=S. The largest absolute Gasteiger partial charge is 0.296 e. The average molecular weight is 375 g/mol. The number of fused-ring (bicyclic) bond motifs is 1. The zero-order chi connectivity index (χ0) is 16.0. The summed E-state index contributed by atoms with van der Waals surface area (Å²) in [5, 5.41) is 0.847. The van der Waals surface area contributed by atoms with Gasteiger partial charge in [-0.15, -0.1) is 22.7 Å². The lowest BCUT2D eigenvalue weighted by molar-refractivity contribution is -0.121. The van der Waals surface area contributed by atoms with E-state index in [-0.39, 0.29) is 5.91 Å². The first-order valence-corrected chi connectivity index (χ1v) is 9.65. The van der Waals surface area contributed by atoms with E-state index in [0.717, 1.165) is 14.5 Å². The second-order valence-electron chi connectivity index (χ2n) is 4.94. The molecule has 2 aromatic heterocycles. The highest BCUT2D eigenvalue weighted by Crippen LogP contribution is 2.38. The number of carbonyl (C=O) groups excluding carboxylic acids is 1. The Balaban J connectivity index is 1.68. The van der Waals surface area contributed by atoms with Crippen LogP contribution in [0.25, 0.3) is 26.0 Å². The minimum Gasteiger partial charge on any atom is -0.296 e. The van der Waals surface area contributed by atoms with Crippen molar-refractivity contribution in [1.82, 2.24) is 9.88 Å². The zero-order valence-electron chi connectivity index (χ0n) is 12.0. The summed E-state index contributed by atoms with van der Waals surface area (Å²) in [6.45, 7) is 0. The van der Waals surface area contributed by atoms with Crippen molar-refractivity contribution in [3.05, 3.63) is 46.3 Å². The maximum Gasteiger partial charge on any atom is 0.266 e. The van der Waals surface area contributed by atoms with Crippen molar-refractivity contribution in [3.63, 3.8) is 0 Å². The molecule has 1 amide bonds.